The second kappa shape index (κ2) is 14.0. The maximum atomic E-state index is 10.9. The fourth-order valence-electron chi connectivity index (χ4n) is 2.79. The van der Waals surface area contributed by atoms with Crippen LogP contribution in [0.4, 0.5) is 0 Å². The van der Waals surface area contributed by atoms with Crippen LogP contribution in [0.3, 0.4) is 0 Å². The Balaban J connectivity index is 3.16. The van der Waals surface area contributed by atoms with Crippen molar-refractivity contribution in [1.82, 2.24) is 0 Å². The minimum Gasteiger partial charge on any atom is -0.480 e. The van der Waals surface area contributed by atoms with Crippen molar-refractivity contribution < 1.29 is 9.90 Å². The number of aliphatic carboxylic acids is 1. The molecule has 0 aliphatic heterocycles. The molecular formula is C19H39NO2. The maximum Gasteiger partial charge on any atom is 0.323 e. The molecule has 0 bridgehead atoms. The third-order valence-corrected chi connectivity index (χ3v) is 4.54. The molecule has 0 amide bonds. The zero-order valence-corrected chi connectivity index (χ0v) is 15.0. The first-order chi connectivity index (χ1) is 10.5. The standard InChI is InChI=1S/C19H39NO2/c1-3-4-5-6-7-8-9-10-11-12-13-14-15-16-17-19(2,20)18(21)22/h3-17,20H2,1-2H3,(H,21,22). The van der Waals surface area contributed by atoms with E-state index in [2.05, 4.69) is 6.92 Å². The van der Waals surface area contributed by atoms with Crippen LogP contribution in [-0.2, 0) is 4.79 Å². The molecule has 0 heterocycles. The molecule has 0 aromatic heterocycles. The Morgan fingerprint density at radius 3 is 1.41 bits per heavy atom. The zero-order chi connectivity index (χ0) is 16.7. The van der Waals surface area contributed by atoms with Gasteiger partial charge < -0.3 is 10.8 Å². The van der Waals surface area contributed by atoms with Crippen LogP contribution in [0.15, 0.2) is 0 Å². The summed E-state index contributed by atoms with van der Waals surface area (Å²) < 4.78 is 0. The predicted octanol–water partition coefficient (Wildman–Crippen LogP) is 5.66. The van der Waals surface area contributed by atoms with Gasteiger partial charge in [-0.15, -0.1) is 0 Å². The number of carboxylic acids is 1. The minimum absolute atomic E-state index is 0.584. The highest BCUT2D eigenvalue weighted by Crippen LogP contribution is 2.15. The van der Waals surface area contributed by atoms with E-state index < -0.39 is 11.5 Å². The van der Waals surface area contributed by atoms with E-state index in [1.807, 2.05) is 0 Å². The Bertz CT molecular complexity index is 264. The third-order valence-electron chi connectivity index (χ3n) is 4.54. The molecule has 0 rings (SSSR count). The van der Waals surface area contributed by atoms with E-state index >= 15 is 0 Å². The number of nitrogens with two attached hydrogens (primary N) is 1. The molecule has 3 heteroatoms. The van der Waals surface area contributed by atoms with Crippen molar-refractivity contribution in [2.45, 2.75) is 116 Å². The van der Waals surface area contributed by atoms with E-state index in [9.17, 15) is 4.79 Å². The van der Waals surface area contributed by atoms with Gasteiger partial charge >= 0.3 is 5.97 Å². The molecule has 1 unspecified atom stereocenters. The highest BCUT2D eigenvalue weighted by atomic mass is 16.4. The Morgan fingerprint density at radius 1 is 0.773 bits per heavy atom. The minimum atomic E-state index is -1.04. The monoisotopic (exact) mass is 313 g/mol. The van der Waals surface area contributed by atoms with Gasteiger partial charge in [-0.1, -0.05) is 96.8 Å². The molecule has 0 aromatic carbocycles. The number of carbonyl (C=O) groups is 1. The van der Waals surface area contributed by atoms with Crippen LogP contribution in [-0.4, -0.2) is 16.6 Å². The van der Waals surface area contributed by atoms with Crippen molar-refractivity contribution in [1.29, 1.82) is 0 Å². The summed E-state index contributed by atoms with van der Waals surface area (Å²) >= 11 is 0. The van der Waals surface area contributed by atoms with E-state index in [4.69, 9.17) is 10.8 Å². The van der Waals surface area contributed by atoms with E-state index in [1.165, 1.54) is 77.0 Å². The fraction of sp³-hybridized carbons (Fsp3) is 0.947. The number of carboxylic acid groups (broad SMARTS) is 1. The number of rotatable bonds is 16. The SMILES string of the molecule is CCCCCCCCCCCCCCCCC(C)(N)C(=O)O. The Morgan fingerprint density at radius 2 is 1.09 bits per heavy atom. The summed E-state index contributed by atoms with van der Waals surface area (Å²) in [7, 11) is 0. The van der Waals surface area contributed by atoms with Crippen LogP contribution in [0.5, 0.6) is 0 Å². The molecule has 0 aliphatic carbocycles. The highest BCUT2D eigenvalue weighted by molar-refractivity contribution is 5.77. The van der Waals surface area contributed by atoms with Crippen molar-refractivity contribution in [3.8, 4) is 0 Å². The van der Waals surface area contributed by atoms with Gasteiger partial charge in [-0.3, -0.25) is 4.79 Å². The van der Waals surface area contributed by atoms with Crippen molar-refractivity contribution in [3.63, 3.8) is 0 Å². The summed E-state index contributed by atoms with van der Waals surface area (Å²) in [5.41, 5.74) is 4.66. The van der Waals surface area contributed by atoms with Gasteiger partial charge in [0.2, 0.25) is 0 Å². The summed E-state index contributed by atoms with van der Waals surface area (Å²) in [6.07, 6.45) is 19.0. The second-order valence-electron chi connectivity index (χ2n) is 7.07. The number of unbranched alkanes of at least 4 members (excludes halogenated alkanes) is 13. The highest BCUT2D eigenvalue weighted by Gasteiger charge is 2.26. The van der Waals surface area contributed by atoms with Gasteiger partial charge in [0.25, 0.3) is 0 Å². The van der Waals surface area contributed by atoms with Crippen molar-refractivity contribution in [2.75, 3.05) is 0 Å². The summed E-state index contributed by atoms with van der Waals surface area (Å²) in [6.45, 7) is 3.87. The molecule has 22 heavy (non-hydrogen) atoms. The van der Waals surface area contributed by atoms with Crippen LogP contribution >= 0.6 is 0 Å². The Kier molecular flexibility index (Phi) is 13.7. The number of hydrogen-bond acceptors (Lipinski definition) is 2. The molecular weight excluding hydrogens is 274 g/mol. The second-order valence-corrected chi connectivity index (χ2v) is 7.07. The molecule has 0 saturated carbocycles. The largest absolute Gasteiger partial charge is 0.480 e. The normalized spacial score (nSPS) is 14.0. The van der Waals surface area contributed by atoms with Gasteiger partial charge in [0.15, 0.2) is 0 Å². The average Bonchev–Trinajstić information content (AvgIpc) is 2.47. The van der Waals surface area contributed by atoms with Crippen molar-refractivity contribution >= 4 is 5.97 Å². The first-order valence-electron chi connectivity index (χ1n) is 9.53. The van der Waals surface area contributed by atoms with Crippen molar-refractivity contribution in [3.05, 3.63) is 0 Å². The van der Waals surface area contributed by atoms with Crippen LogP contribution in [0, 0.1) is 0 Å². The molecule has 0 aromatic rings. The lowest BCUT2D eigenvalue weighted by Crippen LogP contribution is -2.44. The Labute approximate surface area is 138 Å². The van der Waals surface area contributed by atoms with E-state index in [0.717, 1.165) is 12.8 Å². The predicted molar refractivity (Wildman–Crippen MR) is 95.2 cm³/mol. The van der Waals surface area contributed by atoms with Gasteiger partial charge in [-0.25, -0.2) is 0 Å². The quantitative estimate of drug-likeness (QED) is 0.361. The lowest BCUT2D eigenvalue weighted by atomic mass is 9.95. The topological polar surface area (TPSA) is 63.3 Å². The molecule has 0 fully saturated rings. The molecule has 3 N–H and O–H groups in total. The van der Waals surface area contributed by atoms with Crippen LogP contribution in [0.25, 0.3) is 0 Å². The molecule has 1 atom stereocenters. The molecule has 3 nitrogen and oxygen atoms in total. The van der Waals surface area contributed by atoms with Gasteiger partial charge in [0.05, 0.1) is 0 Å². The Hall–Kier alpha value is -0.570. The third kappa shape index (κ3) is 13.1. The van der Waals surface area contributed by atoms with Gasteiger partial charge in [0.1, 0.15) is 5.54 Å². The first-order valence-corrected chi connectivity index (χ1v) is 9.53. The molecule has 0 radical (unpaired) electrons. The van der Waals surface area contributed by atoms with Crippen LogP contribution < -0.4 is 5.73 Å². The van der Waals surface area contributed by atoms with Gasteiger partial charge in [-0.05, 0) is 13.3 Å². The number of hydrogen-bond donors (Lipinski definition) is 2. The summed E-state index contributed by atoms with van der Waals surface area (Å²) in [5, 5.41) is 8.92. The van der Waals surface area contributed by atoms with Crippen LogP contribution in [0.2, 0.25) is 0 Å². The zero-order valence-electron chi connectivity index (χ0n) is 15.0. The van der Waals surface area contributed by atoms with E-state index in [0.29, 0.717) is 6.42 Å². The molecule has 0 aliphatic rings. The fourth-order valence-corrected chi connectivity index (χ4v) is 2.79. The summed E-state index contributed by atoms with van der Waals surface area (Å²) in [4.78, 5) is 10.9. The molecule has 0 spiro atoms. The van der Waals surface area contributed by atoms with Crippen LogP contribution in [0.1, 0.15) is 110 Å². The van der Waals surface area contributed by atoms with E-state index in [-0.39, 0.29) is 0 Å². The smallest absolute Gasteiger partial charge is 0.323 e. The van der Waals surface area contributed by atoms with Crippen molar-refractivity contribution in [2.24, 2.45) is 5.73 Å². The lowest BCUT2D eigenvalue weighted by molar-refractivity contribution is -0.142. The maximum absolute atomic E-state index is 10.9. The van der Waals surface area contributed by atoms with Gasteiger partial charge in [0, 0.05) is 0 Å². The average molecular weight is 314 g/mol. The summed E-state index contributed by atoms with van der Waals surface area (Å²) in [6, 6.07) is 0. The molecule has 0 saturated heterocycles. The van der Waals surface area contributed by atoms with Gasteiger partial charge in [-0.2, -0.15) is 0 Å². The molecule has 132 valence electrons. The lowest BCUT2D eigenvalue weighted by Gasteiger charge is -2.18. The first kappa shape index (κ1) is 21.4. The van der Waals surface area contributed by atoms with E-state index in [1.54, 1.807) is 6.92 Å². The summed E-state index contributed by atoms with van der Waals surface area (Å²) in [5.74, 6) is -0.887.